The number of rotatable bonds is 22. The maximum atomic E-state index is 10.6. The molecule has 5 N–H and O–H groups in total. The van der Waals surface area contributed by atoms with Gasteiger partial charge in [-0.1, -0.05) is 142 Å². The Morgan fingerprint density at radius 2 is 0.605 bits per heavy atom. The van der Waals surface area contributed by atoms with Gasteiger partial charge >= 0.3 is 50.4 Å². The van der Waals surface area contributed by atoms with Crippen molar-refractivity contribution in [1.29, 1.82) is 0 Å². The van der Waals surface area contributed by atoms with Crippen LogP contribution in [0.2, 0.25) is 0 Å². The SMILES string of the molecule is CCCCCCCCCCCCC(C)(O)CCCCCCCCCCCC.O=S(=O)(O)O.O=S(=O)(O)O.[NaH]. The molecule has 9 nitrogen and oxygen atoms in total. The van der Waals surface area contributed by atoms with E-state index >= 15 is 0 Å². The van der Waals surface area contributed by atoms with E-state index in [1.54, 1.807) is 0 Å². The van der Waals surface area contributed by atoms with E-state index < -0.39 is 26.4 Å². The molecule has 0 aromatic rings. The number of hydrogen-bond donors (Lipinski definition) is 5. The predicted molar refractivity (Wildman–Crippen MR) is 159 cm³/mol. The van der Waals surface area contributed by atoms with Gasteiger partial charge in [0.25, 0.3) is 0 Å². The van der Waals surface area contributed by atoms with Crippen LogP contribution in [0.4, 0.5) is 0 Å². The second kappa shape index (κ2) is 30.7. The summed E-state index contributed by atoms with van der Waals surface area (Å²) in [6, 6.07) is 0. The molecule has 0 amide bonds. The molecule has 230 valence electrons. The first-order valence-corrected chi connectivity index (χ1v) is 17.0. The van der Waals surface area contributed by atoms with Crippen LogP contribution in [0.1, 0.15) is 162 Å². The Balaban J connectivity index is -0.000000443. The van der Waals surface area contributed by atoms with E-state index in [0.717, 1.165) is 12.8 Å². The summed E-state index contributed by atoms with van der Waals surface area (Å²) in [4.78, 5) is 0. The van der Waals surface area contributed by atoms with Crippen LogP contribution in [0, 0.1) is 0 Å². The molecule has 0 saturated carbocycles. The first kappa shape index (κ1) is 45.7. The van der Waals surface area contributed by atoms with Crippen molar-refractivity contribution < 1.29 is 40.2 Å². The second-order valence-electron chi connectivity index (χ2n) is 10.3. The van der Waals surface area contributed by atoms with Crippen LogP contribution in [0.5, 0.6) is 0 Å². The summed E-state index contributed by atoms with van der Waals surface area (Å²) in [6.07, 6.45) is 29.5. The van der Waals surface area contributed by atoms with E-state index in [9.17, 15) is 5.11 Å². The van der Waals surface area contributed by atoms with Crippen molar-refractivity contribution in [2.45, 2.75) is 168 Å². The van der Waals surface area contributed by atoms with Crippen molar-refractivity contribution in [3.05, 3.63) is 0 Å². The standard InChI is InChI=1S/C26H54O.Na.2H2O4S.H/c1-4-6-8-10-12-14-16-18-20-22-24-26(3,27)25-23-21-19-17-15-13-11-9-7-5-2;;2*1-5(2,3)4;/h27H,4-25H2,1-3H3;;2*(H2,1,2,3,4);. The zero-order chi connectivity index (χ0) is 29.1. The quantitative estimate of drug-likeness (QED) is 0.0481. The van der Waals surface area contributed by atoms with E-state index in [2.05, 4.69) is 20.8 Å². The fraction of sp³-hybridized carbons (Fsp3) is 1.00. The molecule has 0 aliphatic rings. The molecule has 0 atom stereocenters. The topological polar surface area (TPSA) is 169 Å². The Labute approximate surface area is 256 Å². The second-order valence-corrected chi connectivity index (χ2v) is 12.0. The van der Waals surface area contributed by atoms with Gasteiger partial charge in [0.1, 0.15) is 0 Å². The zero-order valence-electron chi connectivity index (χ0n) is 23.7. The molecule has 12 heteroatoms. The van der Waals surface area contributed by atoms with Crippen molar-refractivity contribution in [3.63, 3.8) is 0 Å². The van der Waals surface area contributed by atoms with Gasteiger partial charge < -0.3 is 5.11 Å². The molecule has 0 heterocycles. The monoisotopic (exact) mass is 602 g/mol. The van der Waals surface area contributed by atoms with Crippen LogP contribution in [0.15, 0.2) is 0 Å². The molecular weight excluding hydrogens is 543 g/mol. The van der Waals surface area contributed by atoms with Gasteiger partial charge in [-0.3, -0.25) is 18.2 Å². The molecule has 0 unspecified atom stereocenters. The summed E-state index contributed by atoms with van der Waals surface area (Å²) in [6.45, 7) is 6.63. The minimum absolute atomic E-state index is 0. The first-order valence-electron chi connectivity index (χ1n) is 14.2. The van der Waals surface area contributed by atoms with Crippen LogP contribution in [0.25, 0.3) is 0 Å². The molecule has 0 saturated heterocycles. The fourth-order valence-electron chi connectivity index (χ4n) is 4.11. The fourth-order valence-corrected chi connectivity index (χ4v) is 4.11. The van der Waals surface area contributed by atoms with Gasteiger partial charge in [0.2, 0.25) is 0 Å². The zero-order valence-corrected chi connectivity index (χ0v) is 25.4. The van der Waals surface area contributed by atoms with Crippen LogP contribution >= 0.6 is 0 Å². The average molecular weight is 603 g/mol. The number of unbranched alkanes of at least 4 members (excludes halogenated alkanes) is 18. The minimum atomic E-state index is -4.67. The van der Waals surface area contributed by atoms with Gasteiger partial charge in [0, 0.05) is 0 Å². The third-order valence-corrected chi connectivity index (χ3v) is 6.14. The molecule has 0 aromatic heterocycles. The van der Waals surface area contributed by atoms with Gasteiger partial charge in [0.05, 0.1) is 5.60 Å². The molecule has 0 rings (SSSR count). The van der Waals surface area contributed by atoms with Gasteiger partial charge in [-0.05, 0) is 19.8 Å². The molecule has 0 aliphatic carbocycles. The third kappa shape index (κ3) is 65.6. The summed E-state index contributed by atoms with van der Waals surface area (Å²) in [5.41, 5.74) is -0.416. The van der Waals surface area contributed by atoms with Crippen LogP contribution in [-0.2, 0) is 20.8 Å². The molecule has 0 bridgehead atoms. The molecule has 0 aliphatic heterocycles. The Morgan fingerprint density at radius 3 is 0.789 bits per heavy atom. The summed E-state index contributed by atoms with van der Waals surface area (Å²) in [5.74, 6) is 0. The molecule has 38 heavy (non-hydrogen) atoms. The van der Waals surface area contributed by atoms with Crippen molar-refractivity contribution >= 4 is 50.4 Å². The van der Waals surface area contributed by atoms with Crippen LogP contribution < -0.4 is 0 Å². The third-order valence-electron chi connectivity index (χ3n) is 6.14. The molecule has 0 radical (unpaired) electrons. The van der Waals surface area contributed by atoms with E-state index in [1.165, 1.54) is 128 Å². The average Bonchev–Trinajstić information content (AvgIpc) is 2.74. The predicted octanol–water partition coefficient (Wildman–Crippen LogP) is 7.41. The number of hydrogen-bond acceptors (Lipinski definition) is 5. The molecular formula is C26H59NaO9S2. The molecule has 0 spiro atoms. The van der Waals surface area contributed by atoms with Gasteiger partial charge in [-0.25, -0.2) is 0 Å². The Kier molecular flexibility index (Phi) is 36.8. The van der Waals surface area contributed by atoms with Crippen molar-refractivity contribution in [1.82, 2.24) is 0 Å². The van der Waals surface area contributed by atoms with E-state index in [4.69, 9.17) is 35.0 Å². The van der Waals surface area contributed by atoms with Crippen LogP contribution in [-0.4, -0.2) is 75.3 Å². The molecule has 0 fully saturated rings. The van der Waals surface area contributed by atoms with Gasteiger partial charge in [-0.15, -0.1) is 0 Å². The Bertz CT molecular complexity index is 598. The maximum absolute atomic E-state index is 10.6. The van der Waals surface area contributed by atoms with Crippen molar-refractivity contribution in [2.24, 2.45) is 0 Å². The summed E-state index contributed by atoms with van der Waals surface area (Å²) in [5, 5.41) is 10.6. The Morgan fingerprint density at radius 1 is 0.447 bits per heavy atom. The first-order chi connectivity index (χ1) is 17.1. The van der Waals surface area contributed by atoms with Crippen molar-refractivity contribution in [3.8, 4) is 0 Å². The number of aliphatic hydroxyl groups is 1. The summed E-state index contributed by atoms with van der Waals surface area (Å²) in [7, 11) is -9.33. The van der Waals surface area contributed by atoms with Gasteiger partial charge in [-0.2, -0.15) is 16.8 Å². The summed E-state index contributed by atoms with van der Waals surface area (Å²) < 4.78 is 63.2. The molecule has 0 aromatic carbocycles. The van der Waals surface area contributed by atoms with E-state index in [1.807, 2.05) is 0 Å². The van der Waals surface area contributed by atoms with E-state index in [0.29, 0.717) is 0 Å². The summed E-state index contributed by atoms with van der Waals surface area (Å²) >= 11 is 0. The Hall–Kier alpha value is 0.700. The van der Waals surface area contributed by atoms with Crippen molar-refractivity contribution in [2.75, 3.05) is 0 Å². The van der Waals surface area contributed by atoms with Gasteiger partial charge in [0.15, 0.2) is 0 Å². The van der Waals surface area contributed by atoms with E-state index in [-0.39, 0.29) is 29.6 Å². The van der Waals surface area contributed by atoms with Crippen LogP contribution in [0.3, 0.4) is 0 Å². The normalized spacial score (nSPS) is 11.6.